The predicted octanol–water partition coefficient (Wildman–Crippen LogP) is 7.64. The summed E-state index contributed by atoms with van der Waals surface area (Å²) in [5.74, 6) is 1.97. The van der Waals surface area contributed by atoms with E-state index in [1.807, 2.05) is 53.4 Å². The van der Waals surface area contributed by atoms with Crippen molar-refractivity contribution in [2.75, 3.05) is 27.4 Å². The van der Waals surface area contributed by atoms with Gasteiger partial charge in [0.2, 0.25) is 5.91 Å². The number of nitrogens with zero attached hydrogens (tertiary/aromatic N) is 1. The molecule has 1 amide bonds. The van der Waals surface area contributed by atoms with Gasteiger partial charge in [-0.25, -0.2) is 4.79 Å². The van der Waals surface area contributed by atoms with Gasteiger partial charge in [-0.1, -0.05) is 56.2 Å². The summed E-state index contributed by atoms with van der Waals surface area (Å²) in [5, 5.41) is 0. The second kappa shape index (κ2) is 16.9. The summed E-state index contributed by atoms with van der Waals surface area (Å²) in [6, 6.07) is 12.9. The van der Waals surface area contributed by atoms with Crippen LogP contribution in [0.1, 0.15) is 81.4 Å². The molecule has 1 aliphatic heterocycles. The van der Waals surface area contributed by atoms with E-state index in [2.05, 4.69) is 13.2 Å². The van der Waals surface area contributed by atoms with Crippen molar-refractivity contribution in [2.24, 2.45) is 11.8 Å². The van der Waals surface area contributed by atoms with Gasteiger partial charge in [0.15, 0.2) is 11.5 Å². The largest absolute Gasteiger partial charge is 0.493 e. The number of carbonyl (C=O) groups is 2. The highest BCUT2D eigenvalue weighted by Crippen LogP contribution is 2.36. The van der Waals surface area contributed by atoms with Gasteiger partial charge in [-0.05, 0) is 92.7 Å². The molecule has 0 N–H and O–H groups in total. The number of carbonyl (C=O) groups excluding carboxylic acids is 2. The minimum absolute atomic E-state index is 0.0835. The molecule has 7 nitrogen and oxygen atoms in total. The van der Waals surface area contributed by atoms with E-state index in [1.165, 1.54) is 6.42 Å². The quantitative estimate of drug-likeness (QED) is 0.154. The lowest BCUT2D eigenvalue weighted by Crippen LogP contribution is -2.52. The van der Waals surface area contributed by atoms with Crippen LogP contribution in [-0.2, 0) is 20.7 Å². The highest BCUT2D eigenvalue weighted by molar-refractivity contribution is 5.86. The van der Waals surface area contributed by atoms with Crippen LogP contribution in [0, 0.1) is 11.8 Å². The number of rotatable bonds is 15. The van der Waals surface area contributed by atoms with E-state index in [9.17, 15) is 9.59 Å². The number of benzene rings is 2. The van der Waals surface area contributed by atoms with Gasteiger partial charge in [-0.2, -0.15) is 0 Å². The highest BCUT2D eigenvalue weighted by atomic mass is 16.5. The zero-order chi connectivity index (χ0) is 31.3. The van der Waals surface area contributed by atoms with Gasteiger partial charge in [0.25, 0.3) is 0 Å². The third-order valence-electron chi connectivity index (χ3n) is 9.01. The minimum atomic E-state index is -0.587. The number of hydrogen-bond donors (Lipinski definition) is 0. The molecule has 4 rings (SSSR count). The van der Waals surface area contributed by atoms with Gasteiger partial charge in [-0.15, -0.1) is 6.58 Å². The molecular formula is C37H49NO6. The van der Waals surface area contributed by atoms with Crippen molar-refractivity contribution < 1.29 is 28.5 Å². The summed E-state index contributed by atoms with van der Waals surface area (Å²) in [5.41, 5.74) is 1.89. The number of esters is 1. The molecule has 1 saturated heterocycles. The van der Waals surface area contributed by atoms with E-state index >= 15 is 0 Å². The molecular weight excluding hydrogens is 554 g/mol. The Labute approximate surface area is 263 Å². The Morgan fingerprint density at radius 1 is 0.932 bits per heavy atom. The summed E-state index contributed by atoms with van der Waals surface area (Å²) in [4.78, 5) is 29.9. The van der Waals surface area contributed by atoms with Crippen molar-refractivity contribution in [2.45, 2.75) is 82.8 Å². The van der Waals surface area contributed by atoms with Gasteiger partial charge in [-0.3, -0.25) is 4.79 Å². The third kappa shape index (κ3) is 8.67. The SMILES string of the molecule is C=CCOc1cccc(C(CCc2ccc(OC)c(OC)c2)OC(=O)[C@H]2CCCCN2C(=O)C(CC=C)C2CCCCC2)c1. The maximum absolute atomic E-state index is 14.1. The van der Waals surface area contributed by atoms with E-state index in [0.717, 1.165) is 49.7 Å². The maximum atomic E-state index is 14.1. The minimum Gasteiger partial charge on any atom is -0.493 e. The Balaban J connectivity index is 1.55. The Morgan fingerprint density at radius 2 is 1.70 bits per heavy atom. The molecule has 238 valence electrons. The molecule has 2 aliphatic rings. The van der Waals surface area contributed by atoms with E-state index in [0.29, 0.717) is 62.0 Å². The smallest absolute Gasteiger partial charge is 0.329 e. The van der Waals surface area contributed by atoms with Crippen molar-refractivity contribution in [1.82, 2.24) is 4.90 Å². The summed E-state index contributed by atoms with van der Waals surface area (Å²) in [6.07, 6.45) is 13.0. The zero-order valence-electron chi connectivity index (χ0n) is 26.5. The maximum Gasteiger partial charge on any atom is 0.329 e. The van der Waals surface area contributed by atoms with Gasteiger partial charge in [0, 0.05) is 12.5 Å². The standard InChI is InChI=1S/C37H49NO6/c1-5-13-31(28-14-8-7-9-15-28)36(39)38-23-11-10-18-32(38)37(40)44-33(29-16-12-17-30(26-29)43-24-6-2)21-19-27-20-22-34(41-3)35(25-27)42-4/h5-6,12,16-17,20,22,25-26,28,31-33H,1-2,7-11,13-15,18-19,21,23-24H2,3-4H3/t31?,32-,33?/m1/s1. The van der Waals surface area contributed by atoms with Gasteiger partial charge in [0.1, 0.15) is 24.5 Å². The zero-order valence-corrected chi connectivity index (χ0v) is 26.5. The molecule has 2 aromatic rings. The second-order valence-corrected chi connectivity index (χ2v) is 11.9. The van der Waals surface area contributed by atoms with Crippen molar-refractivity contribution >= 4 is 11.9 Å². The Hall–Kier alpha value is -3.74. The first kappa shape index (κ1) is 33.2. The topological polar surface area (TPSA) is 74.3 Å². The first-order valence-corrected chi connectivity index (χ1v) is 16.2. The van der Waals surface area contributed by atoms with Crippen molar-refractivity contribution in [3.8, 4) is 17.2 Å². The van der Waals surface area contributed by atoms with E-state index in [1.54, 1.807) is 20.3 Å². The van der Waals surface area contributed by atoms with Crippen LogP contribution in [0.3, 0.4) is 0 Å². The molecule has 0 bridgehead atoms. The molecule has 0 spiro atoms. The number of ether oxygens (including phenoxy) is 4. The Kier molecular flexibility index (Phi) is 12.8. The molecule has 1 heterocycles. The summed E-state index contributed by atoms with van der Waals surface area (Å²) in [6.45, 7) is 8.65. The molecule has 0 radical (unpaired) electrons. The average Bonchev–Trinajstić information content (AvgIpc) is 3.08. The molecule has 1 aliphatic carbocycles. The Bertz CT molecular complexity index is 1250. The van der Waals surface area contributed by atoms with Crippen molar-refractivity contribution in [1.29, 1.82) is 0 Å². The van der Waals surface area contributed by atoms with Crippen LogP contribution in [0.15, 0.2) is 67.8 Å². The lowest BCUT2D eigenvalue weighted by molar-refractivity contribution is -0.164. The number of aryl methyl sites for hydroxylation is 1. The lowest BCUT2D eigenvalue weighted by Gasteiger charge is -2.39. The molecule has 2 fully saturated rings. The van der Waals surface area contributed by atoms with Crippen LogP contribution in [0.2, 0.25) is 0 Å². The fourth-order valence-corrected chi connectivity index (χ4v) is 6.67. The molecule has 3 atom stereocenters. The monoisotopic (exact) mass is 603 g/mol. The first-order chi connectivity index (χ1) is 21.5. The van der Waals surface area contributed by atoms with Gasteiger partial charge >= 0.3 is 5.97 Å². The summed E-state index contributed by atoms with van der Waals surface area (Å²) < 4.78 is 23.0. The fourth-order valence-electron chi connectivity index (χ4n) is 6.67. The molecule has 0 aromatic heterocycles. The van der Waals surface area contributed by atoms with Gasteiger partial charge < -0.3 is 23.8 Å². The van der Waals surface area contributed by atoms with E-state index in [4.69, 9.17) is 18.9 Å². The fraction of sp³-hybridized carbons (Fsp3) is 0.514. The average molecular weight is 604 g/mol. The molecule has 2 aromatic carbocycles. The lowest BCUT2D eigenvalue weighted by atomic mass is 9.77. The number of likely N-dealkylation sites (tertiary alicyclic amines) is 1. The van der Waals surface area contributed by atoms with Crippen LogP contribution >= 0.6 is 0 Å². The molecule has 7 heteroatoms. The number of hydrogen-bond acceptors (Lipinski definition) is 6. The second-order valence-electron chi connectivity index (χ2n) is 11.9. The van der Waals surface area contributed by atoms with Crippen molar-refractivity contribution in [3.05, 3.63) is 78.9 Å². The number of piperidine rings is 1. The van der Waals surface area contributed by atoms with Crippen LogP contribution < -0.4 is 14.2 Å². The predicted molar refractivity (Wildman–Crippen MR) is 173 cm³/mol. The molecule has 1 saturated carbocycles. The van der Waals surface area contributed by atoms with Crippen molar-refractivity contribution in [3.63, 3.8) is 0 Å². The summed E-state index contributed by atoms with van der Waals surface area (Å²) >= 11 is 0. The number of amides is 1. The third-order valence-corrected chi connectivity index (χ3v) is 9.01. The Morgan fingerprint density at radius 3 is 2.43 bits per heavy atom. The van der Waals surface area contributed by atoms with Crippen LogP contribution in [0.4, 0.5) is 0 Å². The van der Waals surface area contributed by atoms with E-state index in [-0.39, 0.29) is 17.8 Å². The van der Waals surface area contributed by atoms with Gasteiger partial charge in [0.05, 0.1) is 14.2 Å². The summed E-state index contributed by atoms with van der Waals surface area (Å²) in [7, 11) is 3.23. The first-order valence-electron chi connectivity index (χ1n) is 16.2. The van der Waals surface area contributed by atoms with E-state index < -0.39 is 12.1 Å². The molecule has 44 heavy (non-hydrogen) atoms. The van der Waals surface area contributed by atoms with Crippen LogP contribution in [-0.4, -0.2) is 50.2 Å². The molecule has 2 unspecified atom stereocenters. The van der Waals surface area contributed by atoms with Crippen LogP contribution in [0.5, 0.6) is 17.2 Å². The number of methoxy groups -OCH3 is 2. The number of allylic oxidation sites excluding steroid dienone is 1. The highest BCUT2D eigenvalue weighted by Gasteiger charge is 2.39. The van der Waals surface area contributed by atoms with Crippen LogP contribution in [0.25, 0.3) is 0 Å². The normalized spacial score (nSPS) is 18.5.